The second kappa shape index (κ2) is 9.11. The molecule has 2 aromatic carbocycles. The lowest BCUT2D eigenvalue weighted by Crippen LogP contribution is -2.35. The number of benzene rings is 2. The summed E-state index contributed by atoms with van der Waals surface area (Å²) < 4.78 is 10.9. The molecule has 0 amide bonds. The maximum absolute atomic E-state index is 12.1. The van der Waals surface area contributed by atoms with Gasteiger partial charge in [0.2, 0.25) is 0 Å². The zero-order valence-corrected chi connectivity index (χ0v) is 15.5. The number of anilines is 1. The standard InChI is InChI=1S/C21H27NO3/c1-5-19(15-22(6-2)18-10-8-7-9-11-18)24-21(23)25-20-13-16(3)12-17(4)14-20/h7-14,19H,5-6,15H2,1-4H3. The van der Waals surface area contributed by atoms with Gasteiger partial charge < -0.3 is 14.4 Å². The van der Waals surface area contributed by atoms with Gasteiger partial charge in [-0.15, -0.1) is 0 Å². The van der Waals surface area contributed by atoms with Crippen molar-refractivity contribution in [1.82, 2.24) is 0 Å². The van der Waals surface area contributed by atoms with E-state index < -0.39 is 6.16 Å². The van der Waals surface area contributed by atoms with Gasteiger partial charge >= 0.3 is 6.16 Å². The third-order valence-corrected chi connectivity index (χ3v) is 4.04. The zero-order chi connectivity index (χ0) is 18.2. The number of hydrogen-bond donors (Lipinski definition) is 0. The van der Waals surface area contributed by atoms with Gasteiger partial charge in [-0.2, -0.15) is 0 Å². The first-order valence-corrected chi connectivity index (χ1v) is 8.78. The Morgan fingerprint density at radius 3 is 2.24 bits per heavy atom. The van der Waals surface area contributed by atoms with Crippen LogP contribution in [-0.2, 0) is 4.74 Å². The number of carbonyl (C=O) groups excluding carboxylic acids is 1. The predicted molar refractivity (Wildman–Crippen MR) is 101 cm³/mol. The summed E-state index contributed by atoms with van der Waals surface area (Å²) in [4.78, 5) is 14.3. The van der Waals surface area contributed by atoms with Crippen molar-refractivity contribution in [3.63, 3.8) is 0 Å². The van der Waals surface area contributed by atoms with Gasteiger partial charge in [0, 0.05) is 12.2 Å². The molecule has 0 bridgehead atoms. The Morgan fingerprint density at radius 1 is 1.04 bits per heavy atom. The van der Waals surface area contributed by atoms with Crippen LogP contribution in [0.4, 0.5) is 10.5 Å². The fraction of sp³-hybridized carbons (Fsp3) is 0.381. The number of likely N-dealkylation sites (N-methyl/N-ethyl adjacent to an activating group) is 1. The number of rotatable bonds is 7. The molecule has 134 valence electrons. The number of aryl methyl sites for hydroxylation is 2. The molecule has 0 aliphatic carbocycles. The van der Waals surface area contributed by atoms with Crippen molar-refractivity contribution in [2.75, 3.05) is 18.0 Å². The Bertz CT molecular complexity index is 665. The number of carbonyl (C=O) groups is 1. The van der Waals surface area contributed by atoms with Gasteiger partial charge in [-0.1, -0.05) is 31.2 Å². The highest BCUT2D eigenvalue weighted by molar-refractivity contribution is 5.64. The normalized spacial score (nSPS) is 11.7. The molecule has 0 saturated carbocycles. The second-order valence-electron chi connectivity index (χ2n) is 6.20. The molecule has 4 heteroatoms. The van der Waals surface area contributed by atoms with E-state index in [2.05, 4.69) is 24.0 Å². The fourth-order valence-corrected chi connectivity index (χ4v) is 2.80. The summed E-state index contributed by atoms with van der Waals surface area (Å²) in [6.45, 7) is 9.52. The third kappa shape index (κ3) is 5.82. The first-order valence-electron chi connectivity index (χ1n) is 8.78. The number of nitrogens with zero attached hydrogens (tertiary/aromatic N) is 1. The summed E-state index contributed by atoms with van der Waals surface area (Å²) in [7, 11) is 0. The Kier molecular flexibility index (Phi) is 6.87. The second-order valence-corrected chi connectivity index (χ2v) is 6.20. The van der Waals surface area contributed by atoms with Crippen LogP contribution < -0.4 is 9.64 Å². The van der Waals surface area contributed by atoms with Gasteiger partial charge in [-0.05, 0) is 62.6 Å². The zero-order valence-electron chi connectivity index (χ0n) is 15.5. The van der Waals surface area contributed by atoms with Crippen LogP contribution in [0, 0.1) is 13.8 Å². The van der Waals surface area contributed by atoms with Crippen LogP contribution in [0.15, 0.2) is 48.5 Å². The molecule has 4 nitrogen and oxygen atoms in total. The summed E-state index contributed by atoms with van der Waals surface area (Å²) in [5, 5.41) is 0. The SMILES string of the molecule is CCC(CN(CC)c1ccccc1)OC(=O)Oc1cc(C)cc(C)c1. The van der Waals surface area contributed by atoms with Gasteiger partial charge in [0.05, 0.1) is 6.54 Å². The molecule has 0 spiro atoms. The number of hydrogen-bond acceptors (Lipinski definition) is 4. The highest BCUT2D eigenvalue weighted by atomic mass is 16.7. The van der Waals surface area contributed by atoms with Gasteiger partial charge in [-0.25, -0.2) is 4.79 Å². The van der Waals surface area contributed by atoms with Crippen molar-refractivity contribution in [1.29, 1.82) is 0 Å². The van der Waals surface area contributed by atoms with Crippen LogP contribution in [0.5, 0.6) is 5.75 Å². The molecule has 0 N–H and O–H groups in total. The molecule has 0 heterocycles. The van der Waals surface area contributed by atoms with E-state index in [0.717, 1.165) is 29.8 Å². The molecule has 1 atom stereocenters. The lowest BCUT2D eigenvalue weighted by atomic mass is 10.1. The minimum absolute atomic E-state index is 0.224. The monoisotopic (exact) mass is 341 g/mol. The average molecular weight is 341 g/mol. The highest BCUT2D eigenvalue weighted by Gasteiger charge is 2.18. The Morgan fingerprint density at radius 2 is 1.68 bits per heavy atom. The van der Waals surface area contributed by atoms with E-state index in [1.807, 2.05) is 57.2 Å². The van der Waals surface area contributed by atoms with Crippen LogP contribution in [0.1, 0.15) is 31.4 Å². The Labute approximate surface area is 150 Å². The number of ether oxygens (including phenoxy) is 2. The molecule has 0 aliphatic heterocycles. The van der Waals surface area contributed by atoms with Crippen molar-refractivity contribution in [3.05, 3.63) is 59.7 Å². The maximum atomic E-state index is 12.1. The van der Waals surface area contributed by atoms with Crippen molar-refractivity contribution in [3.8, 4) is 5.75 Å². The molecule has 2 aromatic rings. The molecule has 0 fully saturated rings. The summed E-state index contributed by atoms with van der Waals surface area (Å²) >= 11 is 0. The quantitative estimate of drug-likeness (QED) is 0.517. The van der Waals surface area contributed by atoms with Crippen LogP contribution in [0.3, 0.4) is 0 Å². The Hall–Kier alpha value is -2.49. The predicted octanol–water partition coefficient (Wildman–Crippen LogP) is 5.12. The smallest absolute Gasteiger partial charge is 0.429 e. The van der Waals surface area contributed by atoms with E-state index in [1.54, 1.807) is 0 Å². The minimum Gasteiger partial charge on any atom is -0.429 e. The van der Waals surface area contributed by atoms with Crippen LogP contribution in [0.25, 0.3) is 0 Å². The van der Waals surface area contributed by atoms with E-state index in [9.17, 15) is 4.79 Å². The molecule has 1 unspecified atom stereocenters. The van der Waals surface area contributed by atoms with Gasteiger partial charge in [0.1, 0.15) is 11.9 Å². The van der Waals surface area contributed by atoms with Gasteiger partial charge in [-0.3, -0.25) is 0 Å². The largest absolute Gasteiger partial charge is 0.514 e. The van der Waals surface area contributed by atoms with Gasteiger partial charge in [0.25, 0.3) is 0 Å². The van der Waals surface area contributed by atoms with E-state index in [0.29, 0.717) is 12.3 Å². The van der Waals surface area contributed by atoms with Crippen molar-refractivity contribution in [2.24, 2.45) is 0 Å². The topological polar surface area (TPSA) is 38.8 Å². The van der Waals surface area contributed by atoms with E-state index in [-0.39, 0.29) is 6.10 Å². The van der Waals surface area contributed by atoms with Crippen molar-refractivity contribution in [2.45, 2.75) is 40.2 Å². The molecule has 0 aliphatic rings. The summed E-state index contributed by atoms with van der Waals surface area (Å²) in [6, 6.07) is 15.8. The molecule has 0 aromatic heterocycles. The summed E-state index contributed by atoms with van der Waals surface area (Å²) in [5.74, 6) is 0.521. The molecule has 0 saturated heterocycles. The minimum atomic E-state index is -0.652. The first-order chi connectivity index (χ1) is 12.0. The van der Waals surface area contributed by atoms with E-state index in [4.69, 9.17) is 9.47 Å². The first kappa shape index (κ1) is 18.8. The number of para-hydroxylation sites is 1. The van der Waals surface area contributed by atoms with Crippen LogP contribution >= 0.6 is 0 Å². The molecule has 0 radical (unpaired) electrons. The van der Waals surface area contributed by atoms with Gasteiger partial charge in [0.15, 0.2) is 0 Å². The summed E-state index contributed by atoms with van der Waals surface area (Å²) in [5.41, 5.74) is 3.22. The molecular weight excluding hydrogens is 314 g/mol. The third-order valence-electron chi connectivity index (χ3n) is 4.04. The van der Waals surface area contributed by atoms with E-state index >= 15 is 0 Å². The van der Waals surface area contributed by atoms with E-state index in [1.165, 1.54) is 0 Å². The average Bonchev–Trinajstić information content (AvgIpc) is 2.58. The molecule has 25 heavy (non-hydrogen) atoms. The lowest BCUT2D eigenvalue weighted by Gasteiger charge is -2.27. The molecular formula is C21H27NO3. The highest BCUT2D eigenvalue weighted by Crippen LogP contribution is 2.18. The molecule has 2 rings (SSSR count). The van der Waals surface area contributed by atoms with Crippen LogP contribution in [-0.4, -0.2) is 25.3 Å². The maximum Gasteiger partial charge on any atom is 0.514 e. The van der Waals surface area contributed by atoms with Crippen molar-refractivity contribution >= 4 is 11.8 Å². The van der Waals surface area contributed by atoms with Crippen LogP contribution in [0.2, 0.25) is 0 Å². The van der Waals surface area contributed by atoms with Crippen molar-refractivity contribution < 1.29 is 14.3 Å². The summed E-state index contributed by atoms with van der Waals surface area (Å²) in [6.07, 6.45) is -0.148. The lowest BCUT2D eigenvalue weighted by molar-refractivity contribution is 0.0594. The fourth-order valence-electron chi connectivity index (χ4n) is 2.80. The Balaban J connectivity index is 1.97.